The molecule has 0 aliphatic heterocycles. The Bertz CT molecular complexity index is 333. The molecule has 0 aliphatic rings. The summed E-state index contributed by atoms with van der Waals surface area (Å²) in [6.45, 7) is 0.808. The van der Waals surface area contributed by atoms with Crippen molar-refractivity contribution >= 4 is 17.3 Å². The van der Waals surface area contributed by atoms with Gasteiger partial charge >= 0.3 is 0 Å². The van der Waals surface area contributed by atoms with Crippen LogP contribution < -0.4 is 19.5 Å². The van der Waals surface area contributed by atoms with Crippen LogP contribution in [-0.2, 0) is 0 Å². The minimum absolute atomic E-state index is 0.595. The number of nitrogens with one attached hydrogen (secondary N) is 1. The molecule has 0 radical (unpaired) electrons. The summed E-state index contributed by atoms with van der Waals surface area (Å²) >= 11 is 5.62. The van der Waals surface area contributed by atoms with E-state index in [4.69, 9.17) is 25.8 Å². The predicted octanol–water partition coefficient (Wildman–Crippen LogP) is 2.75. The zero-order valence-corrected chi connectivity index (χ0v) is 11.1. The second-order valence-corrected chi connectivity index (χ2v) is 3.76. The maximum Gasteiger partial charge on any atom is 0.203 e. The third kappa shape index (κ3) is 3.60. The molecule has 4 nitrogen and oxygen atoms in total. The average Bonchev–Trinajstić information content (AvgIpc) is 2.37. The number of methoxy groups -OCH3 is 3. The molecule has 0 saturated heterocycles. The number of hydrogen-bond donors (Lipinski definition) is 1. The Labute approximate surface area is 107 Å². The van der Waals surface area contributed by atoms with Crippen LogP contribution in [0.15, 0.2) is 12.1 Å². The van der Waals surface area contributed by atoms with E-state index in [0.29, 0.717) is 23.1 Å². The van der Waals surface area contributed by atoms with Crippen LogP contribution in [0.5, 0.6) is 17.2 Å². The van der Waals surface area contributed by atoms with Crippen molar-refractivity contribution in [3.8, 4) is 17.2 Å². The molecule has 0 saturated carbocycles. The van der Waals surface area contributed by atoms with Gasteiger partial charge in [-0.3, -0.25) is 0 Å². The first kappa shape index (κ1) is 13.8. The van der Waals surface area contributed by atoms with Crippen molar-refractivity contribution in [3.05, 3.63) is 12.1 Å². The SMILES string of the molecule is COc1cc(NCCCCl)cc(OC)c1OC. The highest BCUT2D eigenvalue weighted by Gasteiger charge is 2.12. The predicted molar refractivity (Wildman–Crippen MR) is 69.9 cm³/mol. The highest BCUT2D eigenvalue weighted by atomic mass is 35.5. The summed E-state index contributed by atoms with van der Waals surface area (Å²) < 4.78 is 15.7. The van der Waals surface area contributed by atoms with Crippen LogP contribution in [0.2, 0.25) is 0 Å². The number of alkyl halides is 1. The average molecular weight is 260 g/mol. The smallest absolute Gasteiger partial charge is 0.203 e. The first-order valence-corrected chi connectivity index (χ1v) is 5.90. The Kier molecular flexibility index (Phi) is 5.77. The second-order valence-electron chi connectivity index (χ2n) is 3.38. The molecule has 0 amide bonds. The molecule has 0 bridgehead atoms. The van der Waals surface area contributed by atoms with Gasteiger partial charge in [0.15, 0.2) is 11.5 Å². The highest BCUT2D eigenvalue weighted by Crippen LogP contribution is 2.39. The van der Waals surface area contributed by atoms with E-state index < -0.39 is 0 Å². The molecule has 1 aromatic rings. The summed E-state index contributed by atoms with van der Waals surface area (Å²) in [4.78, 5) is 0. The molecule has 0 aromatic heterocycles. The van der Waals surface area contributed by atoms with Crippen molar-refractivity contribution in [2.24, 2.45) is 0 Å². The number of ether oxygens (including phenoxy) is 3. The number of hydrogen-bond acceptors (Lipinski definition) is 4. The van der Waals surface area contributed by atoms with Crippen LogP contribution in [0.4, 0.5) is 5.69 Å². The van der Waals surface area contributed by atoms with Crippen LogP contribution in [0, 0.1) is 0 Å². The lowest BCUT2D eigenvalue weighted by atomic mass is 10.2. The zero-order chi connectivity index (χ0) is 12.7. The molecule has 0 aliphatic carbocycles. The van der Waals surface area contributed by atoms with Crippen LogP contribution in [0.3, 0.4) is 0 Å². The lowest BCUT2D eigenvalue weighted by Gasteiger charge is -2.14. The van der Waals surface area contributed by atoms with Gasteiger partial charge in [-0.2, -0.15) is 0 Å². The normalized spacial score (nSPS) is 9.88. The van der Waals surface area contributed by atoms with Gasteiger partial charge in [0, 0.05) is 30.2 Å². The maximum atomic E-state index is 5.62. The molecule has 1 aromatic carbocycles. The fraction of sp³-hybridized carbons (Fsp3) is 0.500. The van der Waals surface area contributed by atoms with E-state index in [0.717, 1.165) is 18.7 Å². The van der Waals surface area contributed by atoms with Crippen molar-refractivity contribution in [2.75, 3.05) is 39.1 Å². The van der Waals surface area contributed by atoms with E-state index in [9.17, 15) is 0 Å². The maximum absolute atomic E-state index is 5.62. The van der Waals surface area contributed by atoms with Crippen molar-refractivity contribution in [1.29, 1.82) is 0 Å². The Hall–Kier alpha value is -1.29. The summed E-state index contributed by atoms with van der Waals surface area (Å²) in [5, 5.41) is 3.25. The van der Waals surface area contributed by atoms with Gasteiger partial charge in [-0.15, -0.1) is 11.6 Å². The monoisotopic (exact) mass is 259 g/mol. The molecule has 96 valence electrons. The molecular weight excluding hydrogens is 242 g/mol. The third-order valence-electron chi connectivity index (χ3n) is 2.30. The fourth-order valence-corrected chi connectivity index (χ4v) is 1.62. The van der Waals surface area contributed by atoms with E-state index in [2.05, 4.69) is 5.32 Å². The minimum atomic E-state index is 0.595. The first-order chi connectivity index (χ1) is 8.26. The fourth-order valence-electron chi connectivity index (χ4n) is 1.48. The number of benzene rings is 1. The van der Waals surface area contributed by atoms with Gasteiger partial charge in [-0.1, -0.05) is 0 Å². The minimum Gasteiger partial charge on any atom is -0.493 e. The van der Waals surface area contributed by atoms with Crippen molar-refractivity contribution < 1.29 is 14.2 Å². The quantitative estimate of drug-likeness (QED) is 0.604. The molecule has 0 fully saturated rings. The topological polar surface area (TPSA) is 39.7 Å². The number of rotatable bonds is 7. The summed E-state index contributed by atoms with van der Waals surface area (Å²) in [6, 6.07) is 3.74. The van der Waals surface area contributed by atoms with Crippen LogP contribution >= 0.6 is 11.6 Å². The van der Waals surface area contributed by atoms with Gasteiger partial charge < -0.3 is 19.5 Å². The van der Waals surface area contributed by atoms with E-state index in [1.54, 1.807) is 21.3 Å². The van der Waals surface area contributed by atoms with Gasteiger partial charge in [0.1, 0.15) is 0 Å². The van der Waals surface area contributed by atoms with Crippen LogP contribution in [0.25, 0.3) is 0 Å². The van der Waals surface area contributed by atoms with Crippen molar-refractivity contribution in [2.45, 2.75) is 6.42 Å². The molecule has 0 unspecified atom stereocenters. The van der Waals surface area contributed by atoms with Crippen molar-refractivity contribution in [1.82, 2.24) is 0 Å². The Morgan fingerprint density at radius 2 is 1.65 bits per heavy atom. The Morgan fingerprint density at radius 3 is 2.06 bits per heavy atom. The lowest BCUT2D eigenvalue weighted by Crippen LogP contribution is -2.03. The molecule has 17 heavy (non-hydrogen) atoms. The van der Waals surface area contributed by atoms with Gasteiger partial charge in [0.25, 0.3) is 0 Å². The molecule has 0 atom stereocenters. The molecule has 1 N–H and O–H groups in total. The Balaban J connectivity index is 2.92. The van der Waals surface area contributed by atoms with E-state index in [1.807, 2.05) is 12.1 Å². The largest absolute Gasteiger partial charge is 0.493 e. The summed E-state index contributed by atoms with van der Waals surface area (Å²) in [6.07, 6.45) is 0.901. The number of halogens is 1. The second kappa shape index (κ2) is 7.12. The van der Waals surface area contributed by atoms with Gasteiger partial charge in [0.05, 0.1) is 21.3 Å². The number of anilines is 1. The molecule has 0 heterocycles. The Morgan fingerprint density at radius 1 is 1.06 bits per heavy atom. The van der Waals surface area contributed by atoms with Crippen LogP contribution in [-0.4, -0.2) is 33.8 Å². The van der Waals surface area contributed by atoms with Crippen LogP contribution in [0.1, 0.15) is 6.42 Å². The summed E-state index contributed by atoms with van der Waals surface area (Å²) in [5.74, 6) is 2.51. The van der Waals surface area contributed by atoms with Gasteiger partial charge in [-0.25, -0.2) is 0 Å². The van der Waals surface area contributed by atoms with E-state index in [-0.39, 0.29) is 0 Å². The van der Waals surface area contributed by atoms with Gasteiger partial charge in [-0.05, 0) is 6.42 Å². The molecule has 5 heteroatoms. The highest BCUT2D eigenvalue weighted by molar-refractivity contribution is 6.17. The van der Waals surface area contributed by atoms with E-state index >= 15 is 0 Å². The molecular formula is C12H18ClNO3. The molecule has 1 rings (SSSR count). The lowest BCUT2D eigenvalue weighted by molar-refractivity contribution is 0.324. The summed E-state index contributed by atoms with van der Waals surface area (Å²) in [5.41, 5.74) is 0.921. The standard InChI is InChI=1S/C12H18ClNO3/c1-15-10-7-9(14-6-4-5-13)8-11(16-2)12(10)17-3/h7-8,14H,4-6H2,1-3H3. The summed E-state index contributed by atoms with van der Waals surface area (Å²) in [7, 11) is 4.78. The third-order valence-corrected chi connectivity index (χ3v) is 2.57. The van der Waals surface area contributed by atoms with E-state index in [1.165, 1.54) is 0 Å². The first-order valence-electron chi connectivity index (χ1n) is 5.36. The van der Waals surface area contributed by atoms with Gasteiger partial charge in [0.2, 0.25) is 5.75 Å². The van der Waals surface area contributed by atoms with Crippen molar-refractivity contribution in [3.63, 3.8) is 0 Å². The molecule has 0 spiro atoms. The zero-order valence-electron chi connectivity index (χ0n) is 10.4.